The SMILES string of the molecule is CCNCCn1c(Cc2cc3c(cc2I)OCO3)nc2c(N)nc(F)nc21. The molecule has 2 aromatic heterocycles. The van der Waals surface area contributed by atoms with Crippen LogP contribution in [0.3, 0.4) is 0 Å². The van der Waals surface area contributed by atoms with Gasteiger partial charge < -0.3 is 25.1 Å². The summed E-state index contributed by atoms with van der Waals surface area (Å²) in [5.74, 6) is 2.24. The third-order valence-electron chi connectivity index (χ3n) is 4.33. The molecule has 0 saturated heterocycles. The highest BCUT2D eigenvalue weighted by Gasteiger charge is 2.20. The molecule has 3 heterocycles. The topological polar surface area (TPSA) is 100 Å². The number of aromatic nitrogens is 4. The zero-order valence-electron chi connectivity index (χ0n) is 14.6. The number of hydrogen-bond donors (Lipinski definition) is 2. The standard InChI is InChI=1S/C17H18FIN6O2/c1-2-21-3-4-25-13(22-14-15(20)23-17(18)24-16(14)25)6-9-5-11-12(7-10(9)19)27-8-26-11/h5,7,21H,2-4,6,8H2,1H3,(H2,20,23,24). The summed E-state index contributed by atoms with van der Waals surface area (Å²) in [7, 11) is 0. The van der Waals surface area contributed by atoms with Crippen LogP contribution >= 0.6 is 22.6 Å². The third kappa shape index (κ3) is 3.50. The van der Waals surface area contributed by atoms with Gasteiger partial charge >= 0.3 is 6.08 Å². The number of hydrogen-bond acceptors (Lipinski definition) is 7. The number of anilines is 1. The lowest BCUT2D eigenvalue weighted by atomic mass is 10.1. The van der Waals surface area contributed by atoms with Gasteiger partial charge in [0.15, 0.2) is 28.5 Å². The number of rotatable bonds is 6. The second kappa shape index (κ2) is 7.43. The molecule has 0 fully saturated rings. The second-order valence-corrected chi connectivity index (χ2v) is 7.22. The van der Waals surface area contributed by atoms with Crippen LogP contribution in [0.4, 0.5) is 10.2 Å². The maximum atomic E-state index is 13.7. The van der Waals surface area contributed by atoms with E-state index in [0.29, 0.717) is 36.4 Å². The lowest BCUT2D eigenvalue weighted by Crippen LogP contribution is -2.20. The Morgan fingerprint density at radius 2 is 2.04 bits per heavy atom. The van der Waals surface area contributed by atoms with E-state index >= 15 is 0 Å². The zero-order chi connectivity index (χ0) is 19.0. The van der Waals surface area contributed by atoms with Crippen molar-refractivity contribution in [1.82, 2.24) is 24.8 Å². The van der Waals surface area contributed by atoms with E-state index in [1.165, 1.54) is 0 Å². The Balaban J connectivity index is 1.76. The highest BCUT2D eigenvalue weighted by atomic mass is 127. The van der Waals surface area contributed by atoms with Gasteiger partial charge in [-0.1, -0.05) is 6.92 Å². The fraction of sp³-hybridized carbons (Fsp3) is 0.353. The van der Waals surface area contributed by atoms with E-state index < -0.39 is 6.08 Å². The summed E-state index contributed by atoms with van der Waals surface area (Å²) in [6, 6.07) is 3.89. The molecule has 0 amide bonds. The number of likely N-dealkylation sites (N-methyl/N-ethyl adjacent to an activating group) is 1. The molecule has 0 atom stereocenters. The number of nitrogen functional groups attached to an aromatic ring is 1. The molecule has 0 unspecified atom stereocenters. The van der Waals surface area contributed by atoms with E-state index in [-0.39, 0.29) is 12.6 Å². The predicted octanol–water partition coefficient (Wildman–Crippen LogP) is 2.08. The van der Waals surface area contributed by atoms with Gasteiger partial charge in [-0.3, -0.25) is 0 Å². The summed E-state index contributed by atoms with van der Waals surface area (Å²) in [4.78, 5) is 12.1. The van der Waals surface area contributed by atoms with E-state index in [4.69, 9.17) is 15.2 Å². The van der Waals surface area contributed by atoms with Crippen molar-refractivity contribution >= 4 is 39.6 Å². The molecule has 0 spiro atoms. The summed E-state index contributed by atoms with van der Waals surface area (Å²) in [5.41, 5.74) is 7.73. The zero-order valence-corrected chi connectivity index (χ0v) is 16.8. The number of halogens is 2. The van der Waals surface area contributed by atoms with E-state index in [1.54, 1.807) is 0 Å². The Bertz CT molecular complexity index is 1010. The first-order chi connectivity index (χ1) is 13.1. The first-order valence-corrected chi connectivity index (χ1v) is 9.61. The van der Waals surface area contributed by atoms with Crippen LogP contribution < -0.4 is 20.5 Å². The van der Waals surface area contributed by atoms with Crippen molar-refractivity contribution in [1.29, 1.82) is 0 Å². The molecule has 0 bridgehead atoms. The summed E-state index contributed by atoms with van der Waals surface area (Å²) < 4.78 is 27.5. The minimum absolute atomic E-state index is 0.0429. The van der Waals surface area contributed by atoms with Crippen LogP contribution in [0.2, 0.25) is 0 Å². The molecule has 3 N–H and O–H groups in total. The molecular weight excluding hydrogens is 466 g/mol. The van der Waals surface area contributed by atoms with Crippen molar-refractivity contribution in [2.24, 2.45) is 0 Å². The van der Waals surface area contributed by atoms with Crippen LogP contribution in [0.15, 0.2) is 12.1 Å². The molecule has 0 saturated carbocycles. The normalized spacial score (nSPS) is 12.9. The molecular formula is C17H18FIN6O2. The highest BCUT2D eigenvalue weighted by Crippen LogP contribution is 2.36. The van der Waals surface area contributed by atoms with Crippen molar-refractivity contribution in [3.05, 3.63) is 33.2 Å². The Kier molecular flexibility index (Phi) is 5.00. The number of fused-ring (bicyclic) bond motifs is 2. The molecule has 3 aromatic rings. The van der Waals surface area contributed by atoms with E-state index in [0.717, 1.165) is 27.3 Å². The van der Waals surface area contributed by atoms with Gasteiger partial charge in [-0.25, -0.2) is 4.98 Å². The van der Waals surface area contributed by atoms with Crippen LogP contribution in [0.1, 0.15) is 18.3 Å². The Morgan fingerprint density at radius 1 is 1.26 bits per heavy atom. The third-order valence-corrected chi connectivity index (χ3v) is 5.33. The fourth-order valence-corrected chi connectivity index (χ4v) is 3.67. The number of imidazole rings is 1. The van der Waals surface area contributed by atoms with Gasteiger partial charge in [-0.05, 0) is 46.8 Å². The van der Waals surface area contributed by atoms with Gasteiger partial charge in [0.2, 0.25) is 6.79 Å². The predicted molar refractivity (Wildman–Crippen MR) is 106 cm³/mol. The van der Waals surface area contributed by atoms with Crippen molar-refractivity contribution in [2.45, 2.75) is 19.9 Å². The quantitative estimate of drug-likeness (QED) is 0.314. The largest absolute Gasteiger partial charge is 0.454 e. The first-order valence-electron chi connectivity index (χ1n) is 8.53. The van der Waals surface area contributed by atoms with Crippen LogP contribution in [-0.4, -0.2) is 39.4 Å². The minimum Gasteiger partial charge on any atom is -0.454 e. The lowest BCUT2D eigenvalue weighted by Gasteiger charge is -2.10. The van der Waals surface area contributed by atoms with Crippen LogP contribution in [0, 0.1) is 9.65 Å². The molecule has 1 aromatic carbocycles. The van der Waals surface area contributed by atoms with E-state index in [9.17, 15) is 4.39 Å². The monoisotopic (exact) mass is 484 g/mol. The van der Waals surface area contributed by atoms with Crippen molar-refractivity contribution in [3.63, 3.8) is 0 Å². The van der Waals surface area contributed by atoms with E-state index in [1.807, 2.05) is 23.6 Å². The number of benzene rings is 1. The van der Waals surface area contributed by atoms with Crippen molar-refractivity contribution < 1.29 is 13.9 Å². The smallest absolute Gasteiger partial charge is 0.312 e. The van der Waals surface area contributed by atoms with Gasteiger partial charge in [0.25, 0.3) is 0 Å². The Labute approximate surface area is 168 Å². The molecule has 1 aliphatic heterocycles. The summed E-state index contributed by atoms with van der Waals surface area (Å²) >= 11 is 2.26. The summed E-state index contributed by atoms with van der Waals surface area (Å²) in [5, 5.41) is 3.26. The van der Waals surface area contributed by atoms with Gasteiger partial charge in [-0.15, -0.1) is 0 Å². The van der Waals surface area contributed by atoms with Gasteiger partial charge in [0.1, 0.15) is 5.82 Å². The fourth-order valence-electron chi connectivity index (χ4n) is 3.04. The first kappa shape index (κ1) is 18.2. The molecule has 27 heavy (non-hydrogen) atoms. The van der Waals surface area contributed by atoms with Gasteiger partial charge in [0, 0.05) is 23.1 Å². The number of ether oxygens (including phenoxy) is 2. The second-order valence-electron chi connectivity index (χ2n) is 6.06. The molecule has 1 aliphatic rings. The number of nitrogens with two attached hydrogens (primary N) is 1. The average molecular weight is 484 g/mol. The van der Waals surface area contributed by atoms with Crippen LogP contribution in [-0.2, 0) is 13.0 Å². The Hall–Kier alpha value is -2.21. The van der Waals surface area contributed by atoms with Crippen LogP contribution in [0.5, 0.6) is 11.5 Å². The van der Waals surface area contributed by atoms with Crippen LogP contribution in [0.25, 0.3) is 11.2 Å². The molecule has 4 rings (SSSR count). The molecule has 0 radical (unpaired) electrons. The van der Waals surface area contributed by atoms with Gasteiger partial charge in [-0.2, -0.15) is 14.4 Å². The highest BCUT2D eigenvalue weighted by molar-refractivity contribution is 14.1. The molecule has 142 valence electrons. The number of nitrogens with one attached hydrogen (secondary N) is 1. The Morgan fingerprint density at radius 3 is 2.81 bits per heavy atom. The summed E-state index contributed by atoms with van der Waals surface area (Å²) in [6.07, 6.45) is -0.327. The lowest BCUT2D eigenvalue weighted by molar-refractivity contribution is 0.174. The molecule has 0 aliphatic carbocycles. The van der Waals surface area contributed by atoms with Crippen molar-refractivity contribution in [2.75, 3.05) is 25.6 Å². The number of nitrogens with zero attached hydrogens (tertiary/aromatic N) is 4. The van der Waals surface area contributed by atoms with Gasteiger partial charge in [0.05, 0.1) is 0 Å². The summed E-state index contributed by atoms with van der Waals surface area (Å²) in [6.45, 7) is 4.39. The van der Waals surface area contributed by atoms with Crippen molar-refractivity contribution in [3.8, 4) is 11.5 Å². The molecule has 8 nitrogen and oxygen atoms in total. The minimum atomic E-state index is -0.853. The molecule has 10 heteroatoms. The maximum absolute atomic E-state index is 13.7. The average Bonchev–Trinajstić information content (AvgIpc) is 3.20. The maximum Gasteiger partial charge on any atom is 0.312 e. The van der Waals surface area contributed by atoms with E-state index in [2.05, 4.69) is 42.9 Å².